The highest BCUT2D eigenvalue weighted by Crippen LogP contribution is 2.21. The normalized spacial score (nSPS) is 9.88. The lowest BCUT2D eigenvalue weighted by Crippen LogP contribution is -1.88. The van der Waals surface area contributed by atoms with Crippen molar-refractivity contribution in [1.29, 1.82) is 0 Å². The Balaban J connectivity index is 0.000000653. The van der Waals surface area contributed by atoms with Crippen molar-refractivity contribution in [2.75, 3.05) is 34.4 Å². The molecule has 16 rings (SSSR count). The van der Waals surface area contributed by atoms with Crippen molar-refractivity contribution < 1.29 is 0 Å². The quantitative estimate of drug-likeness (QED) is 0.0772. The van der Waals surface area contributed by atoms with Crippen molar-refractivity contribution in [3.8, 4) is 0 Å². The van der Waals surface area contributed by atoms with Crippen molar-refractivity contribution in [1.82, 2.24) is 39.9 Å². The Morgan fingerprint density at radius 1 is 0.208 bits per heavy atom. The van der Waals surface area contributed by atoms with Gasteiger partial charge in [-0.3, -0.25) is 34.9 Å². The lowest BCUT2D eigenvalue weighted by molar-refractivity contribution is 0.736. The summed E-state index contributed by atoms with van der Waals surface area (Å²) in [5, 5.41) is 8.86. The van der Waals surface area contributed by atoms with E-state index in [4.69, 9.17) is 34.4 Å². The number of nitrogens with two attached hydrogens (primary N) is 6. The second-order valence-electron chi connectivity index (χ2n) is 33.9. The Hall–Kier alpha value is -12.2. The Morgan fingerprint density at radius 2 is 0.517 bits per heavy atom. The fourth-order valence-electron chi connectivity index (χ4n) is 8.99. The summed E-state index contributed by atoms with van der Waals surface area (Å²) in [5.74, 6) is 7.24. The highest BCUT2D eigenvalue weighted by atomic mass is 14.8. The number of nitrogens with zero attached hydrogens (tertiary/aromatic N) is 8. The van der Waals surface area contributed by atoms with Gasteiger partial charge in [-0.15, -0.1) is 0 Å². The van der Waals surface area contributed by atoms with Crippen LogP contribution in [0.15, 0.2) is 292 Å². The van der Waals surface area contributed by atoms with E-state index in [0.29, 0.717) is 11.5 Å². The molecular weight excluding hydrogens is 1470 g/mol. The summed E-state index contributed by atoms with van der Waals surface area (Å²) in [7, 11) is 0. The van der Waals surface area contributed by atoms with Gasteiger partial charge in [0, 0.05) is 97.3 Å². The number of rotatable bonds is 0. The van der Waals surface area contributed by atoms with E-state index in [9.17, 15) is 0 Å². The van der Waals surface area contributed by atoms with Crippen molar-refractivity contribution >= 4 is 121 Å². The lowest BCUT2D eigenvalue weighted by atomic mass is 10.1. The van der Waals surface area contributed by atoms with Gasteiger partial charge in [0.25, 0.3) is 0 Å². The van der Waals surface area contributed by atoms with Crippen molar-refractivity contribution in [2.24, 2.45) is 47.3 Å². The minimum atomic E-state index is 0.573. The van der Waals surface area contributed by atoms with Gasteiger partial charge >= 0.3 is 0 Å². The van der Waals surface area contributed by atoms with E-state index in [1.165, 1.54) is 21.9 Å². The second-order valence-corrected chi connectivity index (χ2v) is 33.9. The van der Waals surface area contributed by atoms with Crippen molar-refractivity contribution in [3.05, 3.63) is 303 Å². The molecule has 0 bridgehead atoms. The first kappa shape index (κ1) is 106. The molecule has 0 radical (unpaired) electrons. The predicted octanol–water partition coefficient (Wildman–Crippen LogP) is 29.3. The van der Waals surface area contributed by atoms with Gasteiger partial charge in [-0.25, -0.2) is 4.98 Å². The van der Waals surface area contributed by atoms with E-state index in [1.54, 1.807) is 31.0 Å². The number of fused-ring (bicyclic) bond motifs is 8. The molecular formula is C106H146N14. The first-order chi connectivity index (χ1) is 56.8. The van der Waals surface area contributed by atoms with E-state index >= 15 is 0 Å². The molecule has 8 heterocycles. The zero-order valence-electron chi connectivity index (χ0n) is 77.4. The van der Waals surface area contributed by atoms with Crippen LogP contribution in [0, 0.1) is 61.2 Å². The van der Waals surface area contributed by atoms with Crippen LogP contribution in [0.5, 0.6) is 0 Å². The van der Waals surface area contributed by atoms with Gasteiger partial charge < -0.3 is 34.4 Å². The summed E-state index contributed by atoms with van der Waals surface area (Å²) in [5.41, 5.74) is 48.0. The van der Waals surface area contributed by atoms with Gasteiger partial charge in [0.05, 0.1) is 61.7 Å². The largest absolute Gasteiger partial charge is 0.399 e. The van der Waals surface area contributed by atoms with Gasteiger partial charge in [0.2, 0.25) is 0 Å². The predicted molar refractivity (Wildman–Crippen MR) is 534 cm³/mol. The number of benzene rings is 8. The van der Waals surface area contributed by atoms with Gasteiger partial charge in [-0.1, -0.05) is 287 Å². The van der Waals surface area contributed by atoms with Gasteiger partial charge in [0.1, 0.15) is 5.82 Å². The molecule has 14 heteroatoms. The first-order valence-electron chi connectivity index (χ1n) is 42.0. The molecule has 0 saturated carbocycles. The third kappa shape index (κ3) is 51.1. The number of pyridine rings is 8. The van der Waals surface area contributed by atoms with Crippen LogP contribution in [-0.2, 0) is 0 Å². The van der Waals surface area contributed by atoms with Crippen molar-refractivity contribution in [3.63, 3.8) is 0 Å². The zero-order chi connectivity index (χ0) is 90.1. The van der Waals surface area contributed by atoms with Gasteiger partial charge in [-0.05, 0) is 200 Å². The SMILES string of the molecule is CC(C)C.CC(C)C.CC(C)C.CC(C)C.CC(C)C.CC(C)C.CC(C)C.CC(C)C.Cc1ccc2cccnc2c1.Cc1ccc2cccnc2c1.Nc1ccc2ccccc2n1.Nc1ccc2ncccc2c1.Nc1cccc2cccnc12.Nc1cccc2ncccc12.Nc1ccnc2ccccc12.Nc1cnc2ccccc2c1. The van der Waals surface area contributed by atoms with Crippen LogP contribution in [0.4, 0.5) is 34.3 Å². The van der Waals surface area contributed by atoms with Crippen LogP contribution in [0.1, 0.15) is 177 Å². The number of para-hydroxylation sites is 4. The standard InChI is InChI=1S/2C10H9N.6C9H8N2.8C4H10/c2*1-8-4-5-9-3-2-6-11-10(9)7-8;10-8-4-1-5-9-7(8)3-2-6-11-9;10-8-5-1-3-7-4-2-6-11-9(7)8;10-8-3-4-9-7(6-8)2-1-5-11-9;10-8-5-7-3-1-2-4-9(7)11-6-8;10-8-5-6-11-9-4-2-1-3-7(8)9;10-9-6-5-7-3-1-2-4-8(7)11-9;8*1-4(2)3/h2*2-7H,1H3;4*1-6H,10H2;2*1-6H,(H2,10,11);8*4H,1-3H3. The fourth-order valence-corrected chi connectivity index (χ4v) is 8.99. The molecule has 0 amide bonds. The number of hydrogen-bond donors (Lipinski definition) is 6. The third-order valence-electron chi connectivity index (χ3n) is 13.4. The highest BCUT2D eigenvalue weighted by Gasteiger charge is 2.00. The molecule has 0 aliphatic carbocycles. The van der Waals surface area contributed by atoms with E-state index in [1.807, 2.05) is 213 Å². The van der Waals surface area contributed by atoms with Crippen molar-refractivity contribution in [2.45, 2.75) is 180 Å². The average molecular weight is 1620 g/mol. The Kier molecular flexibility index (Phi) is 54.0. The van der Waals surface area contributed by atoms with Crippen LogP contribution in [0.2, 0.25) is 0 Å². The smallest absolute Gasteiger partial charge is 0.124 e. The molecule has 0 saturated heterocycles. The minimum absolute atomic E-state index is 0.573. The fraction of sp³-hybridized carbons (Fsp3) is 0.321. The Morgan fingerprint density at radius 3 is 1.00 bits per heavy atom. The summed E-state index contributed by atoms with van der Waals surface area (Å²) >= 11 is 0. The number of hydrogen-bond acceptors (Lipinski definition) is 14. The topological polar surface area (TPSA) is 259 Å². The zero-order valence-corrected chi connectivity index (χ0v) is 77.4. The summed E-state index contributed by atoms with van der Waals surface area (Å²) in [6.07, 6.45) is 12.3. The maximum Gasteiger partial charge on any atom is 0.124 e. The summed E-state index contributed by atoms with van der Waals surface area (Å²) < 4.78 is 0. The van der Waals surface area contributed by atoms with E-state index in [2.05, 4.69) is 268 Å². The molecule has 0 aliphatic rings. The van der Waals surface area contributed by atoms with Crippen LogP contribution < -0.4 is 34.4 Å². The Bertz CT molecular complexity index is 4600. The van der Waals surface area contributed by atoms with E-state index in [0.717, 1.165) is 147 Å². The first-order valence-corrected chi connectivity index (χ1v) is 42.0. The molecule has 8 aromatic heterocycles. The molecule has 8 aromatic carbocycles. The van der Waals surface area contributed by atoms with Crippen LogP contribution in [0.25, 0.3) is 87.2 Å². The maximum atomic E-state index is 5.72. The molecule has 0 unspecified atom stereocenters. The molecule has 16 aromatic rings. The van der Waals surface area contributed by atoms with Crippen LogP contribution in [-0.4, -0.2) is 39.9 Å². The van der Waals surface area contributed by atoms with E-state index in [-0.39, 0.29) is 0 Å². The summed E-state index contributed by atoms with van der Waals surface area (Å²) in [6.45, 7) is 56.2. The number of aryl methyl sites for hydroxylation is 2. The number of nitrogen functional groups attached to an aromatic ring is 6. The third-order valence-corrected chi connectivity index (χ3v) is 13.4. The summed E-state index contributed by atoms with van der Waals surface area (Å²) in [4.78, 5) is 33.4. The van der Waals surface area contributed by atoms with Crippen LogP contribution >= 0.6 is 0 Å². The minimum Gasteiger partial charge on any atom is -0.399 e. The number of anilines is 6. The molecule has 640 valence electrons. The lowest BCUT2D eigenvalue weighted by Gasteiger charge is -1.97. The molecule has 120 heavy (non-hydrogen) atoms. The second kappa shape index (κ2) is 61.2. The molecule has 12 N–H and O–H groups in total. The maximum absolute atomic E-state index is 5.72. The monoisotopic (exact) mass is 1620 g/mol. The molecule has 14 nitrogen and oxygen atoms in total. The number of aromatic nitrogens is 8. The van der Waals surface area contributed by atoms with E-state index < -0.39 is 0 Å². The molecule has 0 fully saturated rings. The summed E-state index contributed by atoms with van der Waals surface area (Å²) in [6, 6.07) is 80.7. The molecule has 0 atom stereocenters. The molecule has 0 aliphatic heterocycles. The highest BCUT2D eigenvalue weighted by molar-refractivity contribution is 5.91. The van der Waals surface area contributed by atoms with Gasteiger partial charge in [-0.2, -0.15) is 0 Å². The average Bonchev–Trinajstić information content (AvgIpc) is 0.782. The Labute approximate surface area is 722 Å². The van der Waals surface area contributed by atoms with Crippen LogP contribution in [0.3, 0.4) is 0 Å². The van der Waals surface area contributed by atoms with Gasteiger partial charge in [0.15, 0.2) is 0 Å². The molecule has 0 spiro atoms.